The fraction of sp³-hybridized carbons (Fsp3) is 0.462. The third-order valence-electron chi connectivity index (χ3n) is 3.26. The van der Waals surface area contributed by atoms with Crippen molar-refractivity contribution >= 4 is 34.8 Å². The molecule has 1 aromatic rings. The zero-order valence-electron chi connectivity index (χ0n) is 10.3. The quantitative estimate of drug-likeness (QED) is 0.867. The molecule has 1 atom stereocenters. The zero-order valence-corrected chi connectivity index (χ0v) is 12.6. The van der Waals surface area contributed by atoms with E-state index in [1.807, 2.05) is 0 Å². The maximum Gasteiger partial charge on any atom is 0.0641 e. The first-order chi connectivity index (χ1) is 9.13. The first-order valence-electron chi connectivity index (χ1n) is 6.09. The van der Waals surface area contributed by atoms with Gasteiger partial charge in [0.25, 0.3) is 0 Å². The smallest absolute Gasteiger partial charge is 0.0641 e. The molecule has 0 spiro atoms. The van der Waals surface area contributed by atoms with Gasteiger partial charge in [0.05, 0.1) is 22.5 Å². The number of piperazine rings is 1. The summed E-state index contributed by atoms with van der Waals surface area (Å²) in [6, 6.07) is 5.59. The number of benzene rings is 1. The Hall–Kier alpha value is -0.500. The van der Waals surface area contributed by atoms with Gasteiger partial charge >= 0.3 is 0 Å². The summed E-state index contributed by atoms with van der Waals surface area (Å²) in [5.74, 6) is 0. The molecule has 0 bridgehead atoms. The predicted molar refractivity (Wildman–Crippen MR) is 78.9 cm³/mol. The largest absolute Gasteiger partial charge is 0.314 e. The lowest BCUT2D eigenvalue weighted by atomic mass is 10.0. The lowest BCUT2D eigenvalue weighted by Crippen LogP contribution is -2.45. The molecule has 1 aliphatic heterocycles. The normalized spacial score (nSPS) is 18.0. The van der Waals surface area contributed by atoms with Crippen molar-refractivity contribution in [1.29, 1.82) is 5.26 Å². The molecule has 0 aromatic heterocycles. The maximum atomic E-state index is 9.06. The molecule has 0 saturated carbocycles. The summed E-state index contributed by atoms with van der Waals surface area (Å²) in [6.45, 7) is 3.58. The highest BCUT2D eigenvalue weighted by atomic mass is 35.5. The van der Waals surface area contributed by atoms with Crippen LogP contribution in [0.3, 0.4) is 0 Å². The Labute approximate surface area is 128 Å². The second-order valence-corrected chi connectivity index (χ2v) is 5.68. The van der Waals surface area contributed by atoms with E-state index in [4.69, 9.17) is 40.1 Å². The van der Waals surface area contributed by atoms with Gasteiger partial charge in [-0.25, -0.2) is 0 Å². The highest BCUT2D eigenvalue weighted by Gasteiger charge is 2.25. The zero-order chi connectivity index (χ0) is 13.8. The summed E-state index contributed by atoms with van der Waals surface area (Å²) in [5.41, 5.74) is 0.836. The van der Waals surface area contributed by atoms with E-state index < -0.39 is 0 Å². The molecule has 0 amide bonds. The van der Waals surface area contributed by atoms with Gasteiger partial charge in [-0.2, -0.15) is 5.26 Å². The van der Waals surface area contributed by atoms with Gasteiger partial charge in [0.15, 0.2) is 0 Å². The van der Waals surface area contributed by atoms with Crippen molar-refractivity contribution in [1.82, 2.24) is 10.2 Å². The number of halogens is 3. The third kappa shape index (κ3) is 3.53. The molecule has 0 unspecified atom stereocenters. The van der Waals surface area contributed by atoms with E-state index >= 15 is 0 Å². The molecular formula is C13H14Cl3N3. The highest BCUT2D eigenvalue weighted by molar-refractivity contribution is 6.43. The minimum absolute atomic E-state index is 0.0594. The summed E-state index contributed by atoms with van der Waals surface area (Å²) in [6.07, 6.45) is 0.371. The van der Waals surface area contributed by atoms with Crippen LogP contribution in [0.4, 0.5) is 0 Å². The molecule has 0 radical (unpaired) electrons. The van der Waals surface area contributed by atoms with Crippen LogP contribution in [-0.4, -0.2) is 31.1 Å². The predicted octanol–water partition coefficient (Wildman–Crippen LogP) is 3.51. The summed E-state index contributed by atoms with van der Waals surface area (Å²) >= 11 is 18.4. The molecular weight excluding hydrogens is 305 g/mol. The molecule has 102 valence electrons. The van der Waals surface area contributed by atoms with Gasteiger partial charge in [0.2, 0.25) is 0 Å². The molecule has 6 heteroatoms. The Morgan fingerprint density at radius 3 is 2.58 bits per heavy atom. The lowest BCUT2D eigenvalue weighted by Gasteiger charge is -2.34. The van der Waals surface area contributed by atoms with Crippen LogP contribution in [-0.2, 0) is 0 Å². The highest BCUT2D eigenvalue weighted by Crippen LogP contribution is 2.37. The van der Waals surface area contributed by atoms with Gasteiger partial charge in [0.1, 0.15) is 0 Å². The molecule has 1 heterocycles. The van der Waals surface area contributed by atoms with Crippen molar-refractivity contribution in [2.45, 2.75) is 12.5 Å². The number of nitrogens with one attached hydrogen (secondary N) is 1. The van der Waals surface area contributed by atoms with E-state index in [0.717, 1.165) is 31.7 Å². The Kier molecular flexibility index (Phi) is 5.32. The average molecular weight is 319 g/mol. The first-order valence-corrected chi connectivity index (χ1v) is 7.23. The van der Waals surface area contributed by atoms with E-state index in [1.165, 1.54) is 0 Å². The van der Waals surface area contributed by atoms with Gasteiger partial charge in [-0.15, -0.1) is 0 Å². The second kappa shape index (κ2) is 6.78. The molecule has 1 saturated heterocycles. The van der Waals surface area contributed by atoms with Gasteiger partial charge in [-0.05, 0) is 17.7 Å². The standard InChI is InChI=1S/C13H14Cl3N3/c14-9-7-10(13(16)11(15)8-9)12(1-2-17)19-5-3-18-4-6-19/h7-8,12,18H,1,3-6H2/t12-/m0/s1. The van der Waals surface area contributed by atoms with Crippen molar-refractivity contribution in [2.75, 3.05) is 26.2 Å². The fourth-order valence-corrected chi connectivity index (χ4v) is 3.08. The van der Waals surface area contributed by atoms with Crippen LogP contribution >= 0.6 is 34.8 Å². The molecule has 1 aliphatic rings. The molecule has 1 fully saturated rings. The number of nitriles is 1. The monoisotopic (exact) mass is 317 g/mol. The fourth-order valence-electron chi connectivity index (χ4n) is 2.33. The molecule has 2 rings (SSSR count). The van der Waals surface area contributed by atoms with Crippen molar-refractivity contribution in [3.63, 3.8) is 0 Å². The molecule has 19 heavy (non-hydrogen) atoms. The van der Waals surface area contributed by atoms with Gasteiger partial charge < -0.3 is 5.32 Å². The lowest BCUT2D eigenvalue weighted by molar-refractivity contribution is 0.175. The minimum atomic E-state index is -0.0594. The van der Waals surface area contributed by atoms with E-state index in [1.54, 1.807) is 12.1 Å². The Morgan fingerprint density at radius 2 is 1.95 bits per heavy atom. The van der Waals surface area contributed by atoms with Crippen molar-refractivity contribution in [2.24, 2.45) is 0 Å². The van der Waals surface area contributed by atoms with E-state index in [0.29, 0.717) is 21.5 Å². The minimum Gasteiger partial charge on any atom is -0.314 e. The van der Waals surface area contributed by atoms with E-state index in [9.17, 15) is 0 Å². The Balaban J connectivity index is 2.35. The third-order valence-corrected chi connectivity index (χ3v) is 4.29. The number of rotatable bonds is 3. The number of hydrogen-bond donors (Lipinski definition) is 1. The van der Waals surface area contributed by atoms with Crippen LogP contribution < -0.4 is 5.32 Å². The summed E-state index contributed by atoms with van der Waals surface area (Å²) in [7, 11) is 0. The van der Waals surface area contributed by atoms with E-state index in [-0.39, 0.29) is 6.04 Å². The summed E-state index contributed by atoms with van der Waals surface area (Å²) in [5, 5.41) is 13.8. The number of hydrogen-bond acceptors (Lipinski definition) is 3. The van der Waals surface area contributed by atoms with Gasteiger partial charge in [-0.1, -0.05) is 34.8 Å². The van der Waals surface area contributed by atoms with Gasteiger partial charge in [0, 0.05) is 37.2 Å². The average Bonchev–Trinajstić information content (AvgIpc) is 2.41. The van der Waals surface area contributed by atoms with E-state index in [2.05, 4.69) is 16.3 Å². The topological polar surface area (TPSA) is 39.1 Å². The van der Waals surface area contributed by atoms with Crippen molar-refractivity contribution in [3.05, 3.63) is 32.8 Å². The van der Waals surface area contributed by atoms with Crippen LogP contribution in [0, 0.1) is 11.3 Å². The molecule has 1 aromatic carbocycles. The van der Waals surface area contributed by atoms with Crippen LogP contribution in [0.2, 0.25) is 15.1 Å². The van der Waals surface area contributed by atoms with Crippen molar-refractivity contribution < 1.29 is 0 Å². The molecule has 0 aliphatic carbocycles. The maximum absolute atomic E-state index is 9.06. The van der Waals surface area contributed by atoms with Crippen LogP contribution in [0.25, 0.3) is 0 Å². The Bertz CT molecular complexity index is 493. The van der Waals surface area contributed by atoms with Crippen LogP contribution in [0.15, 0.2) is 12.1 Å². The van der Waals surface area contributed by atoms with Crippen molar-refractivity contribution in [3.8, 4) is 6.07 Å². The molecule has 3 nitrogen and oxygen atoms in total. The van der Waals surface area contributed by atoms with Gasteiger partial charge in [-0.3, -0.25) is 4.90 Å². The SMILES string of the molecule is N#CC[C@@H](c1cc(Cl)cc(Cl)c1Cl)N1CCNCC1. The Morgan fingerprint density at radius 1 is 1.26 bits per heavy atom. The number of nitrogens with zero attached hydrogens (tertiary/aromatic N) is 2. The first kappa shape index (κ1) is 14.9. The van der Waals surface area contributed by atoms with Crippen LogP contribution in [0.1, 0.15) is 18.0 Å². The molecule has 1 N–H and O–H groups in total. The summed E-state index contributed by atoms with van der Waals surface area (Å²) in [4.78, 5) is 2.24. The summed E-state index contributed by atoms with van der Waals surface area (Å²) < 4.78 is 0. The van der Waals surface area contributed by atoms with Crippen LogP contribution in [0.5, 0.6) is 0 Å². The second-order valence-electron chi connectivity index (χ2n) is 4.45.